The van der Waals surface area contributed by atoms with E-state index >= 15 is 0 Å². The van der Waals surface area contributed by atoms with Gasteiger partial charge in [-0.25, -0.2) is 13.6 Å². The molecule has 0 aliphatic heterocycles. The number of aliphatic hydroxyl groups is 2. The van der Waals surface area contributed by atoms with Crippen molar-refractivity contribution in [2.24, 2.45) is 5.14 Å². The Morgan fingerprint density at radius 2 is 1.75 bits per heavy atom. The van der Waals surface area contributed by atoms with Crippen LogP contribution in [0.25, 0.3) is 0 Å². The zero-order valence-corrected chi connectivity index (χ0v) is 20.7. The van der Waals surface area contributed by atoms with E-state index in [1.165, 1.54) is 18.2 Å². The molecule has 0 saturated carbocycles. The Morgan fingerprint density at radius 3 is 2.47 bits per heavy atom. The monoisotopic (exact) mass is 516 g/mol. The van der Waals surface area contributed by atoms with Crippen molar-refractivity contribution in [1.29, 1.82) is 0 Å². The van der Waals surface area contributed by atoms with Gasteiger partial charge in [0.15, 0.2) is 0 Å². The van der Waals surface area contributed by atoms with Crippen molar-refractivity contribution in [3.05, 3.63) is 89.0 Å². The molecule has 0 aliphatic carbocycles. The molecule has 9 nitrogen and oxygen atoms in total. The lowest BCUT2D eigenvalue weighted by molar-refractivity contribution is 0.0888. The Balaban J connectivity index is 1.32. The van der Waals surface area contributed by atoms with Crippen LogP contribution in [0.1, 0.15) is 28.4 Å². The predicted molar refractivity (Wildman–Crippen MR) is 135 cm³/mol. The average molecular weight is 517 g/mol. The van der Waals surface area contributed by atoms with Crippen LogP contribution in [0.5, 0.6) is 11.5 Å². The smallest absolute Gasteiger partial charge is 0.238 e. The molecule has 194 valence electrons. The summed E-state index contributed by atoms with van der Waals surface area (Å²) in [5.41, 5.74) is 2.84. The van der Waals surface area contributed by atoms with Gasteiger partial charge in [0.05, 0.1) is 30.8 Å². The maximum absolute atomic E-state index is 11.4. The van der Waals surface area contributed by atoms with Crippen LogP contribution in [0.3, 0.4) is 0 Å². The number of hydrogen-bond donors (Lipinski definition) is 5. The van der Waals surface area contributed by atoms with Gasteiger partial charge in [0, 0.05) is 12.1 Å². The van der Waals surface area contributed by atoms with Crippen molar-refractivity contribution in [3.63, 3.8) is 0 Å². The van der Waals surface area contributed by atoms with Gasteiger partial charge in [-0.15, -0.1) is 0 Å². The normalized spacial score (nSPS) is 12.4. The van der Waals surface area contributed by atoms with E-state index in [0.717, 1.165) is 12.0 Å². The molecule has 10 heteroatoms. The molecular formula is C26H32N2O7S. The van der Waals surface area contributed by atoms with Gasteiger partial charge in [0.2, 0.25) is 10.0 Å². The van der Waals surface area contributed by atoms with E-state index in [0.29, 0.717) is 48.7 Å². The van der Waals surface area contributed by atoms with Crippen LogP contribution in [0.15, 0.2) is 71.6 Å². The first-order valence-electron chi connectivity index (χ1n) is 11.5. The number of nitrogens with two attached hydrogens (primary N) is 1. The first-order chi connectivity index (χ1) is 17.3. The van der Waals surface area contributed by atoms with Gasteiger partial charge in [0.25, 0.3) is 0 Å². The molecule has 0 amide bonds. The summed E-state index contributed by atoms with van der Waals surface area (Å²) in [6.45, 7) is 1.68. The van der Waals surface area contributed by atoms with Gasteiger partial charge < -0.3 is 30.1 Å². The van der Waals surface area contributed by atoms with E-state index in [2.05, 4.69) is 5.32 Å². The minimum Gasteiger partial charge on any atom is -0.508 e. The molecule has 0 heterocycles. The highest BCUT2D eigenvalue weighted by molar-refractivity contribution is 7.89. The number of rotatable bonds is 14. The van der Waals surface area contributed by atoms with Gasteiger partial charge in [-0.1, -0.05) is 30.3 Å². The van der Waals surface area contributed by atoms with Crippen LogP contribution in [0, 0.1) is 0 Å². The van der Waals surface area contributed by atoms with Crippen molar-refractivity contribution < 1.29 is 33.2 Å². The zero-order valence-electron chi connectivity index (χ0n) is 19.8. The van der Waals surface area contributed by atoms with Crippen LogP contribution in [-0.4, -0.2) is 50.0 Å². The van der Waals surface area contributed by atoms with Gasteiger partial charge in [-0.2, -0.15) is 0 Å². The van der Waals surface area contributed by atoms with Crippen molar-refractivity contribution in [1.82, 2.24) is 5.32 Å². The Labute approximate surface area is 211 Å². The molecule has 1 atom stereocenters. The summed E-state index contributed by atoms with van der Waals surface area (Å²) in [6, 6.07) is 18.7. The Morgan fingerprint density at radius 1 is 0.972 bits per heavy atom. The maximum Gasteiger partial charge on any atom is 0.238 e. The standard InChI is InChI=1S/C26H32N2O7S/c27-36(32,33)24-3-1-2-20(14-24)18-34-12-13-35-23-7-4-19(5-8-23)10-11-28-16-26(31)21-6-9-25(30)22(15-21)17-29/h1-9,14-15,26,28-31H,10-13,16-18H2,(H2,27,32,33)/t26-/m1/s1. The molecule has 0 aromatic heterocycles. The zero-order chi connectivity index (χ0) is 26.0. The summed E-state index contributed by atoms with van der Waals surface area (Å²) in [7, 11) is -3.74. The fourth-order valence-corrected chi connectivity index (χ4v) is 4.09. The number of phenols is 1. The fourth-order valence-electron chi connectivity index (χ4n) is 3.50. The van der Waals surface area contributed by atoms with E-state index in [9.17, 15) is 23.7 Å². The second kappa shape index (κ2) is 13.4. The number of aromatic hydroxyl groups is 1. The molecule has 3 rings (SSSR count). The SMILES string of the molecule is NS(=O)(=O)c1cccc(COCCOc2ccc(CCNC[C@@H](O)c3ccc(O)c(CO)c3)cc2)c1. The first kappa shape index (κ1) is 27.6. The molecule has 0 aliphatic rings. The quantitative estimate of drug-likeness (QED) is 0.204. The Hall–Kier alpha value is -2.99. The average Bonchev–Trinajstić information content (AvgIpc) is 2.87. The van der Waals surface area contributed by atoms with Gasteiger partial charge in [0.1, 0.15) is 18.1 Å². The summed E-state index contributed by atoms with van der Waals surface area (Å²) in [5.74, 6) is 0.725. The summed E-state index contributed by atoms with van der Waals surface area (Å²) in [6.07, 6.45) is 0.0251. The topological polar surface area (TPSA) is 151 Å². The molecular weight excluding hydrogens is 484 g/mol. The van der Waals surface area contributed by atoms with Crippen LogP contribution in [-0.2, 0) is 34.4 Å². The summed E-state index contributed by atoms with van der Waals surface area (Å²) in [4.78, 5) is 0.0558. The maximum atomic E-state index is 11.4. The number of aliphatic hydroxyl groups excluding tert-OH is 2. The summed E-state index contributed by atoms with van der Waals surface area (Å²) < 4.78 is 34.1. The van der Waals surface area contributed by atoms with E-state index in [-0.39, 0.29) is 23.9 Å². The summed E-state index contributed by atoms with van der Waals surface area (Å²) in [5, 5.41) is 37.5. The third-order valence-corrected chi connectivity index (χ3v) is 6.41. The number of ether oxygens (including phenoxy) is 2. The van der Waals surface area contributed by atoms with Crippen molar-refractivity contribution >= 4 is 10.0 Å². The Bertz CT molecular complexity index is 1220. The van der Waals surface area contributed by atoms with Crippen molar-refractivity contribution in [2.75, 3.05) is 26.3 Å². The minimum atomic E-state index is -3.74. The third-order valence-electron chi connectivity index (χ3n) is 5.50. The van der Waals surface area contributed by atoms with E-state index < -0.39 is 16.1 Å². The van der Waals surface area contributed by atoms with Gasteiger partial charge in [-0.05, 0) is 66.1 Å². The molecule has 0 radical (unpaired) electrons. The van der Waals surface area contributed by atoms with Crippen molar-refractivity contribution in [3.8, 4) is 11.5 Å². The molecule has 0 saturated heterocycles. The van der Waals surface area contributed by atoms with E-state index in [1.807, 2.05) is 24.3 Å². The van der Waals surface area contributed by atoms with Crippen LogP contribution < -0.4 is 15.2 Å². The Kier molecular flexibility index (Phi) is 10.2. The molecule has 6 N–H and O–H groups in total. The second-order valence-corrected chi connectivity index (χ2v) is 9.82. The molecule has 0 bridgehead atoms. The summed E-state index contributed by atoms with van der Waals surface area (Å²) >= 11 is 0. The number of nitrogens with one attached hydrogen (secondary N) is 1. The molecule has 3 aromatic rings. The minimum absolute atomic E-state index is 0.00879. The third kappa shape index (κ3) is 8.59. The molecule has 0 fully saturated rings. The lowest BCUT2D eigenvalue weighted by Crippen LogP contribution is -2.23. The number of hydrogen-bond acceptors (Lipinski definition) is 8. The van der Waals surface area contributed by atoms with Crippen LogP contribution >= 0.6 is 0 Å². The number of benzene rings is 3. The van der Waals surface area contributed by atoms with Gasteiger partial charge in [-0.3, -0.25) is 0 Å². The molecule has 3 aromatic carbocycles. The first-order valence-corrected chi connectivity index (χ1v) is 13.0. The highest BCUT2D eigenvalue weighted by Gasteiger charge is 2.10. The largest absolute Gasteiger partial charge is 0.508 e. The fraction of sp³-hybridized carbons (Fsp3) is 0.308. The molecule has 0 spiro atoms. The molecule has 0 unspecified atom stereocenters. The lowest BCUT2D eigenvalue weighted by atomic mass is 10.1. The lowest BCUT2D eigenvalue weighted by Gasteiger charge is -2.14. The van der Waals surface area contributed by atoms with Crippen LogP contribution in [0.4, 0.5) is 0 Å². The highest BCUT2D eigenvalue weighted by Crippen LogP contribution is 2.22. The molecule has 36 heavy (non-hydrogen) atoms. The van der Waals surface area contributed by atoms with Crippen molar-refractivity contribution in [2.45, 2.75) is 30.6 Å². The van der Waals surface area contributed by atoms with E-state index in [1.54, 1.807) is 24.3 Å². The van der Waals surface area contributed by atoms with Gasteiger partial charge >= 0.3 is 0 Å². The van der Waals surface area contributed by atoms with Crippen LogP contribution in [0.2, 0.25) is 0 Å². The number of primary sulfonamides is 1. The van der Waals surface area contributed by atoms with E-state index in [4.69, 9.17) is 14.6 Å². The highest BCUT2D eigenvalue weighted by atomic mass is 32.2. The second-order valence-electron chi connectivity index (χ2n) is 8.25. The number of sulfonamides is 1. The predicted octanol–water partition coefficient (Wildman–Crippen LogP) is 1.99.